The highest BCUT2D eigenvalue weighted by Gasteiger charge is 2.25. The number of nitrogens with zero attached hydrogens (tertiary/aromatic N) is 2. The van der Waals surface area contributed by atoms with Gasteiger partial charge in [0.25, 0.3) is 5.91 Å². The van der Waals surface area contributed by atoms with E-state index >= 15 is 0 Å². The molecule has 2 rings (SSSR count). The zero-order valence-electron chi connectivity index (χ0n) is 15.8. The van der Waals surface area contributed by atoms with Crippen LogP contribution in [0, 0.1) is 0 Å². The van der Waals surface area contributed by atoms with Crippen LogP contribution in [0.2, 0.25) is 0 Å². The molecule has 1 aromatic carbocycles. The Hall–Kier alpha value is -2.05. The molecule has 1 heterocycles. The van der Waals surface area contributed by atoms with Gasteiger partial charge in [0.05, 0.1) is 13.7 Å². The van der Waals surface area contributed by atoms with Crippen molar-refractivity contribution in [2.75, 3.05) is 46.5 Å². The first-order chi connectivity index (χ1) is 12.6. The fourth-order valence-electron chi connectivity index (χ4n) is 3.19. The molecule has 1 aliphatic heterocycles. The Balaban J connectivity index is 1.86. The lowest BCUT2D eigenvalue weighted by Gasteiger charge is -2.38. The largest absolute Gasteiger partial charge is 0.493 e. The molecule has 1 N–H and O–H groups in total. The summed E-state index contributed by atoms with van der Waals surface area (Å²) in [6, 6.07) is 5.86. The van der Waals surface area contributed by atoms with Crippen molar-refractivity contribution in [3.05, 3.63) is 36.4 Å². The molecule has 0 bridgehead atoms. The Bertz CT molecular complexity index is 593. The van der Waals surface area contributed by atoms with Crippen LogP contribution in [-0.2, 0) is 11.2 Å². The predicted molar refractivity (Wildman–Crippen MR) is 102 cm³/mol. The van der Waals surface area contributed by atoms with Gasteiger partial charge in [-0.2, -0.15) is 0 Å². The number of aliphatic hydroxyl groups excluding tert-OH is 1. The van der Waals surface area contributed by atoms with Crippen molar-refractivity contribution in [2.24, 2.45) is 0 Å². The molecule has 0 spiro atoms. The second-order valence-electron chi connectivity index (χ2n) is 6.43. The van der Waals surface area contributed by atoms with Gasteiger partial charge >= 0.3 is 0 Å². The van der Waals surface area contributed by atoms with Gasteiger partial charge in [-0.25, -0.2) is 0 Å². The van der Waals surface area contributed by atoms with Crippen LogP contribution >= 0.6 is 0 Å². The fourth-order valence-corrected chi connectivity index (χ4v) is 3.19. The van der Waals surface area contributed by atoms with Gasteiger partial charge in [0.15, 0.2) is 18.1 Å². The highest BCUT2D eigenvalue weighted by Crippen LogP contribution is 2.28. The number of rotatable bonds is 9. The first-order valence-electron chi connectivity index (χ1n) is 9.16. The zero-order valence-corrected chi connectivity index (χ0v) is 15.8. The third kappa shape index (κ3) is 5.22. The number of benzene rings is 1. The van der Waals surface area contributed by atoms with Gasteiger partial charge in [-0.3, -0.25) is 9.69 Å². The van der Waals surface area contributed by atoms with Crippen LogP contribution in [0.1, 0.15) is 18.9 Å². The Morgan fingerprint density at radius 3 is 2.62 bits per heavy atom. The number of aliphatic hydroxyl groups is 1. The van der Waals surface area contributed by atoms with Gasteiger partial charge in [-0.05, 0) is 30.5 Å². The van der Waals surface area contributed by atoms with Gasteiger partial charge in [0.1, 0.15) is 0 Å². The van der Waals surface area contributed by atoms with Crippen molar-refractivity contribution >= 4 is 5.91 Å². The average Bonchev–Trinajstić information content (AvgIpc) is 2.68. The highest BCUT2D eigenvalue weighted by molar-refractivity contribution is 5.78. The van der Waals surface area contributed by atoms with Gasteiger partial charge in [0, 0.05) is 32.2 Å². The van der Waals surface area contributed by atoms with E-state index in [4.69, 9.17) is 9.47 Å². The Morgan fingerprint density at radius 1 is 1.31 bits per heavy atom. The van der Waals surface area contributed by atoms with Crippen LogP contribution in [0.25, 0.3) is 0 Å². The van der Waals surface area contributed by atoms with E-state index in [-0.39, 0.29) is 25.2 Å². The van der Waals surface area contributed by atoms with E-state index in [1.165, 1.54) is 0 Å². The molecule has 1 aliphatic rings. The van der Waals surface area contributed by atoms with Gasteiger partial charge in [-0.1, -0.05) is 19.1 Å². The first-order valence-corrected chi connectivity index (χ1v) is 9.16. The van der Waals surface area contributed by atoms with E-state index < -0.39 is 0 Å². The van der Waals surface area contributed by atoms with E-state index in [1.807, 2.05) is 29.2 Å². The number of hydrogen-bond acceptors (Lipinski definition) is 5. The maximum Gasteiger partial charge on any atom is 0.260 e. The lowest BCUT2D eigenvalue weighted by molar-refractivity contribution is -0.135. The minimum atomic E-state index is -0.0288. The fraction of sp³-hybridized carbons (Fsp3) is 0.550. The summed E-state index contributed by atoms with van der Waals surface area (Å²) in [6.45, 7) is 8.84. The molecule has 1 unspecified atom stereocenters. The normalized spacial score (nSPS) is 16.2. The standard InChI is InChI=1S/C20H30N2O4/c1-4-6-16-7-8-18(19(13-16)25-3)26-15-20(24)22-11-9-21(10-12-22)17(5-2)14-23/h4,7-8,13,17,23H,1,5-6,9-12,14-15H2,2-3H3. The summed E-state index contributed by atoms with van der Waals surface area (Å²) >= 11 is 0. The van der Waals surface area contributed by atoms with Crippen LogP contribution in [0.3, 0.4) is 0 Å². The number of methoxy groups -OCH3 is 1. The molecular formula is C20H30N2O4. The summed E-state index contributed by atoms with van der Waals surface area (Å²) in [4.78, 5) is 16.5. The second-order valence-corrected chi connectivity index (χ2v) is 6.43. The number of hydrogen-bond donors (Lipinski definition) is 1. The molecule has 1 aromatic rings. The van der Waals surface area contributed by atoms with Gasteiger partial charge in [-0.15, -0.1) is 6.58 Å². The minimum absolute atomic E-state index is 0.00558. The number of ether oxygens (including phenoxy) is 2. The zero-order chi connectivity index (χ0) is 18.9. The van der Waals surface area contributed by atoms with E-state index in [0.717, 1.165) is 31.5 Å². The predicted octanol–water partition coefficient (Wildman–Crippen LogP) is 1.72. The average molecular weight is 362 g/mol. The Morgan fingerprint density at radius 2 is 2.04 bits per heavy atom. The van der Waals surface area contributed by atoms with Crippen molar-refractivity contribution in [3.63, 3.8) is 0 Å². The third-order valence-corrected chi connectivity index (χ3v) is 4.82. The van der Waals surface area contributed by atoms with Crippen LogP contribution in [0.15, 0.2) is 30.9 Å². The molecule has 0 aromatic heterocycles. The van der Waals surface area contributed by atoms with Crippen molar-refractivity contribution in [2.45, 2.75) is 25.8 Å². The smallest absolute Gasteiger partial charge is 0.260 e. The summed E-state index contributed by atoms with van der Waals surface area (Å²) in [5.74, 6) is 1.16. The summed E-state index contributed by atoms with van der Waals surface area (Å²) in [7, 11) is 1.59. The van der Waals surface area contributed by atoms with Gasteiger partial charge in [0.2, 0.25) is 0 Å². The number of allylic oxidation sites excluding steroid dienone is 1. The molecule has 1 atom stereocenters. The number of amides is 1. The molecule has 1 amide bonds. The maximum atomic E-state index is 12.4. The maximum absolute atomic E-state index is 12.4. The molecular weight excluding hydrogens is 332 g/mol. The lowest BCUT2D eigenvalue weighted by atomic mass is 10.1. The van der Waals surface area contributed by atoms with Crippen molar-refractivity contribution in [1.82, 2.24) is 9.80 Å². The van der Waals surface area contributed by atoms with Crippen LogP contribution < -0.4 is 9.47 Å². The van der Waals surface area contributed by atoms with E-state index in [2.05, 4.69) is 18.4 Å². The van der Waals surface area contributed by atoms with Crippen LogP contribution in [-0.4, -0.2) is 73.4 Å². The lowest BCUT2D eigenvalue weighted by Crippen LogP contribution is -2.53. The van der Waals surface area contributed by atoms with Crippen molar-refractivity contribution in [3.8, 4) is 11.5 Å². The molecule has 6 heteroatoms. The summed E-state index contributed by atoms with van der Waals surface area (Å²) in [5, 5.41) is 9.41. The minimum Gasteiger partial charge on any atom is -0.493 e. The third-order valence-electron chi connectivity index (χ3n) is 4.82. The topological polar surface area (TPSA) is 62.2 Å². The molecule has 0 saturated carbocycles. The summed E-state index contributed by atoms with van der Waals surface area (Å²) in [5.41, 5.74) is 1.08. The summed E-state index contributed by atoms with van der Waals surface area (Å²) < 4.78 is 11.1. The molecule has 0 aliphatic carbocycles. The first kappa shape index (κ1) is 20.3. The molecule has 0 radical (unpaired) electrons. The molecule has 1 fully saturated rings. The van der Waals surface area contributed by atoms with Crippen molar-refractivity contribution in [1.29, 1.82) is 0 Å². The second kappa shape index (κ2) is 10.2. The Labute approximate surface area is 156 Å². The number of carbonyl (C=O) groups excluding carboxylic acids is 1. The Kier molecular flexibility index (Phi) is 7.94. The molecule has 6 nitrogen and oxygen atoms in total. The summed E-state index contributed by atoms with van der Waals surface area (Å²) in [6.07, 6.45) is 3.50. The van der Waals surface area contributed by atoms with E-state index in [1.54, 1.807) is 7.11 Å². The van der Waals surface area contributed by atoms with E-state index in [9.17, 15) is 9.90 Å². The van der Waals surface area contributed by atoms with Crippen LogP contribution in [0.4, 0.5) is 0 Å². The molecule has 26 heavy (non-hydrogen) atoms. The van der Waals surface area contributed by atoms with Gasteiger partial charge < -0.3 is 19.5 Å². The monoisotopic (exact) mass is 362 g/mol. The van der Waals surface area contributed by atoms with Crippen LogP contribution in [0.5, 0.6) is 11.5 Å². The number of carbonyl (C=O) groups is 1. The molecule has 1 saturated heterocycles. The highest BCUT2D eigenvalue weighted by atomic mass is 16.5. The quantitative estimate of drug-likeness (QED) is 0.678. The molecule has 144 valence electrons. The number of piperazine rings is 1. The van der Waals surface area contributed by atoms with Crippen molar-refractivity contribution < 1.29 is 19.4 Å². The SMILES string of the molecule is C=CCc1ccc(OCC(=O)N2CCN(C(CC)CO)CC2)c(OC)c1. The van der Waals surface area contributed by atoms with E-state index in [0.29, 0.717) is 24.6 Å².